The van der Waals surface area contributed by atoms with E-state index in [-0.39, 0.29) is 5.91 Å². The summed E-state index contributed by atoms with van der Waals surface area (Å²) in [4.78, 5) is 24.1. The topological polar surface area (TPSA) is 35.9 Å². The Bertz CT molecular complexity index is 1300. The molecule has 0 aliphatic carbocycles. The molecule has 2 heterocycles. The number of thioether (sulfide) groups is 2. The van der Waals surface area contributed by atoms with Gasteiger partial charge in [0.2, 0.25) is 0 Å². The van der Waals surface area contributed by atoms with Crippen molar-refractivity contribution in [1.82, 2.24) is 4.90 Å². The number of nitrogens with zero attached hydrogens (tertiary/aromatic N) is 3. The van der Waals surface area contributed by atoms with E-state index in [1.54, 1.807) is 16.7 Å². The van der Waals surface area contributed by atoms with E-state index in [0.717, 1.165) is 32.9 Å². The molecule has 2 aliphatic rings. The molecule has 5 rings (SSSR count). The van der Waals surface area contributed by atoms with Crippen molar-refractivity contribution in [3.05, 3.63) is 99.9 Å². The largest absolute Gasteiger partial charge is 0.334 e. The molecule has 3 aromatic rings. The van der Waals surface area contributed by atoms with Crippen LogP contribution in [0.4, 0.5) is 11.4 Å². The number of fused-ring (bicyclic) bond motifs is 1. The first-order valence-corrected chi connectivity index (χ1v) is 13.0. The van der Waals surface area contributed by atoms with E-state index in [9.17, 15) is 4.79 Å². The summed E-state index contributed by atoms with van der Waals surface area (Å²) in [5.41, 5.74) is 4.28. The Labute approximate surface area is 209 Å². The second kappa shape index (κ2) is 9.95. The Kier molecular flexibility index (Phi) is 6.61. The first-order chi connectivity index (χ1) is 16.7. The van der Waals surface area contributed by atoms with Crippen molar-refractivity contribution in [3.8, 4) is 0 Å². The fraction of sp³-hybridized carbons (Fsp3) is 0.143. The number of likely N-dealkylation sites (N-methyl/N-ethyl adjacent to an activating group) is 1. The highest BCUT2D eigenvalue weighted by Gasteiger charge is 2.38. The van der Waals surface area contributed by atoms with Gasteiger partial charge in [0, 0.05) is 18.0 Å². The molecule has 4 nitrogen and oxygen atoms in total. The Hall–Kier alpha value is -3.22. The first kappa shape index (κ1) is 22.6. The molecule has 0 N–H and O–H groups in total. The third-order valence-corrected chi connectivity index (χ3v) is 8.06. The van der Waals surface area contributed by atoms with Crippen LogP contribution in [0.25, 0.3) is 12.2 Å². The van der Waals surface area contributed by atoms with Gasteiger partial charge in [-0.2, -0.15) is 0 Å². The van der Waals surface area contributed by atoms with E-state index >= 15 is 0 Å². The molecule has 1 saturated heterocycles. The van der Waals surface area contributed by atoms with Crippen LogP contribution in [0.1, 0.15) is 25.0 Å². The number of amides is 1. The number of benzene rings is 3. The predicted molar refractivity (Wildman–Crippen MR) is 146 cm³/mol. The van der Waals surface area contributed by atoms with Gasteiger partial charge in [0.25, 0.3) is 5.91 Å². The SMILES string of the molecule is CCN1C(=O)/C(=C2/Sc3ccccc3N2CC)SC1=Nc1ccc(/C=C\c2ccccc2)cc1. The number of amidine groups is 1. The number of hydrogen-bond donors (Lipinski definition) is 0. The summed E-state index contributed by atoms with van der Waals surface area (Å²) in [6.07, 6.45) is 4.19. The lowest BCUT2D eigenvalue weighted by Gasteiger charge is -2.19. The molecule has 2 aliphatic heterocycles. The van der Waals surface area contributed by atoms with Crippen LogP contribution in [0.3, 0.4) is 0 Å². The quantitative estimate of drug-likeness (QED) is 0.283. The van der Waals surface area contributed by atoms with Crippen molar-refractivity contribution < 1.29 is 4.79 Å². The number of hydrogen-bond acceptors (Lipinski definition) is 5. The smallest absolute Gasteiger partial charge is 0.269 e. The third kappa shape index (κ3) is 4.43. The first-order valence-electron chi connectivity index (χ1n) is 11.4. The molecule has 1 fully saturated rings. The van der Waals surface area contributed by atoms with E-state index in [1.165, 1.54) is 27.9 Å². The Balaban J connectivity index is 1.40. The van der Waals surface area contributed by atoms with Gasteiger partial charge in [-0.3, -0.25) is 9.69 Å². The van der Waals surface area contributed by atoms with Crippen LogP contribution >= 0.6 is 23.5 Å². The van der Waals surface area contributed by atoms with Gasteiger partial charge in [0.15, 0.2) is 5.17 Å². The number of carbonyl (C=O) groups excluding carboxylic acids is 1. The molecule has 0 bridgehead atoms. The minimum absolute atomic E-state index is 0.0300. The fourth-order valence-corrected chi connectivity index (χ4v) is 6.40. The van der Waals surface area contributed by atoms with E-state index in [2.05, 4.69) is 60.4 Å². The molecule has 3 aromatic carbocycles. The Morgan fingerprint density at radius 1 is 0.765 bits per heavy atom. The van der Waals surface area contributed by atoms with Crippen LogP contribution < -0.4 is 4.90 Å². The average molecular weight is 484 g/mol. The van der Waals surface area contributed by atoms with Gasteiger partial charge in [0.05, 0.1) is 11.4 Å². The molecule has 0 unspecified atom stereocenters. The Morgan fingerprint density at radius 2 is 1.41 bits per heavy atom. The monoisotopic (exact) mass is 483 g/mol. The number of aliphatic imine (C=N–C) groups is 1. The summed E-state index contributed by atoms with van der Waals surface area (Å²) in [7, 11) is 0. The molecule has 170 valence electrons. The summed E-state index contributed by atoms with van der Waals surface area (Å²) in [6.45, 7) is 5.51. The van der Waals surface area contributed by atoms with Crippen molar-refractivity contribution >= 4 is 58.1 Å². The maximum absolute atomic E-state index is 13.3. The lowest BCUT2D eigenvalue weighted by atomic mass is 10.1. The zero-order chi connectivity index (χ0) is 23.5. The summed E-state index contributed by atoms with van der Waals surface area (Å²) in [5, 5.41) is 1.74. The van der Waals surface area contributed by atoms with Gasteiger partial charge in [-0.15, -0.1) is 0 Å². The molecule has 0 radical (unpaired) electrons. The van der Waals surface area contributed by atoms with Crippen molar-refractivity contribution in [2.45, 2.75) is 18.7 Å². The highest BCUT2D eigenvalue weighted by Crippen LogP contribution is 2.50. The maximum Gasteiger partial charge on any atom is 0.269 e. The van der Waals surface area contributed by atoms with Gasteiger partial charge in [-0.25, -0.2) is 4.99 Å². The van der Waals surface area contributed by atoms with E-state index in [4.69, 9.17) is 4.99 Å². The minimum atomic E-state index is 0.0300. The fourth-order valence-electron chi connectivity index (χ4n) is 3.94. The van der Waals surface area contributed by atoms with Gasteiger partial charge in [0.1, 0.15) is 9.93 Å². The maximum atomic E-state index is 13.3. The molecule has 1 amide bonds. The van der Waals surface area contributed by atoms with Gasteiger partial charge >= 0.3 is 0 Å². The predicted octanol–water partition coefficient (Wildman–Crippen LogP) is 7.24. The molecular weight excluding hydrogens is 458 g/mol. The van der Waals surface area contributed by atoms with Gasteiger partial charge < -0.3 is 4.90 Å². The minimum Gasteiger partial charge on any atom is -0.334 e. The van der Waals surface area contributed by atoms with E-state index in [1.807, 2.05) is 49.4 Å². The molecule has 0 atom stereocenters. The van der Waals surface area contributed by atoms with Crippen LogP contribution in [-0.2, 0) is 4.79 Å². The lowest BCUT2D eigenvalue weighted by Crippen LogP contribution is -2.29. The molecule has 0 aromatic heterocycles. The molecule has 0 spiro atoms. The summed E-state index contributed by atoms with van der Waals surface area (Å²) >= 11 is 3.15. The molecule has 6 heteroatoms. The average Bonchev–Trinajstić information content (AvgIpc) is 3.40. The van der Waals surface area contributed by atoms with Crippen molar-refractivity contribution in [3.63, 3.8) is 0 Å². The summed E-state index contributed by atoms with van der Waals surface area (Å²) < 4.78 is 0. The number of carbonyl (C=O) groups is 1. The summed E-state index contributed by atoms with van der Waals surface area (Å²) in [5.74, 6) is 0.0300. The highest BCUT2D eigenvalue weighted by atomic mass is 32.2. The van der Waals surface area contributed by atoms with E-state index in [0.29, 0.717) is 6.54 Å². The third-order valence-electron chi connectivity index (χ3n) is 5.68. The number of para-hydroxylation sites is 1. The summed E-state index contributed by atoms with van der Waals surface area (Å²) in [6, 6.07) is 26.7. The normalized spacial score (nSPS) is 19.0. The molecule has 0 saturated carbocycles. The van der Waals surface area contributed by atoms with Gasteiger partial charge in [-0.05, 0) is 61.0 Å². The lowest BCUT2D eigenvalue weighted by molar-refractivity contribution is -0.122. The van der Waals surface area contributed by atoms with Crippen LogP contribution in [-0.4, -0.2) is 29.1 Å². The van der Waals surface area contributed by atoms with Crippen LogP contribution in [0, 0.1) is 0 Å². The van der Waals surface area contributed by atoms with Crippen LogP contribution in [0.2, 0.25) is 0 Å². The molecular formula is C28H25N3OS2. The second-order valence-corrected chi connectivity index (χ2v) is 9.84. The van der Waals surface area contributed by atoms with Crippen LogP contribution in [0.5, 0.6) is 0 Å². The van der Waals surface area contributed by atoms with Crippen molar-refractivity contribution in [2.24, 2.45) is 4.99 Å². The highest BCUT2D eigenvalue weighted by molar-refractivity contribution is 8.19. The number of anilines is 1. The zero-order valence-electron chi connectivity index (χ0n) is 19.1. The zero-order valence-corrected chi connectivity index (χ0v) is 20.8. The standard InChI is InChI=1S/C28H25N3OS2/c1-3-30-23-12-8-9-13-24(23)33-27(30)25-26(32)31(4-2)28(34-25)29-22-18-16-21(17-19-22)15-14-20-10-6-5-7-11-20/h5-19H,3-4H2,1-2H3/b15-14-,27-25-,29-28?. The van der Waals surface area contributed by atoms with E-state index < -0.39 is 0 Å². The Morgan fingerprint density at radius 3 is 2.12 bits per heavy atom. The van der Waals surface area contributed by atoms with Crippen LogP contribution in [0.15, 0.2) is 98.7 Å². The van der Waals surface area contributed by atoms with Crippen molar-refractivity contribution in [1.29, 1.82) is 0 Å². The second-order valence-electron chi connectivity index (χ2n) is 7.83. The van der Waals surface area contributed by atoms with Gasteiger partial charge in [-0.1, -0.05) is 78.5 Å². The number of rotatable bonds is 5. The van der Waals surface area contributed by atoms with Crippen molar-refractivity contribution in [2.75, 3.05) is 18.0 Å². The molecule has 34 heavy (non-hydrogen) atoms.